The van der Waals surface area contributed by atoms with Gasteiger partial charge >= 0.3 is 0 Å². The van der Waals surface area contributed by atoms with Gasteiger partial charge in [0.25, 0.3) is 5.69 Å². The Morgan fingerprint density at radius 2 is 1.75 bits per heavy atom. The fraction of sp³-hybridized carbons (Fsp3) is 0.409. The summed E-state index contributed by atoms with van der Waals surface area (Å²) in [6, 6.07) is 11.5. The van der Waals surface area contributed by atoms with Gasteiger partial charge < -0.3 is 10.6 Å². The number of hydrogen-bond donors (Lipinski definition) is 2. The van der Waals surface area contributed by atoms with E-state index in [9.17, 15) is 14.9 Å². The number of carbonyl (C=O) groups excluding carboxylic acids is 1. The van der Waals surface area contributed by atoms with Gasteiger partial charge in [0.1, 0.15) is 5.69 Å². The van der Waals surface area contributed by atoms with E-state index in [2.05, 4.69) is 55.7 Å². The molecule has 6 heteroatoms. The van der Waals surface area contributed by atoms with Crippen molar-refractivity contribution < 1.29 is 9.72 Å². The zero-order chi connectivity index (χ0) is 20.8. The van der Waals surface area contributed by atoms with E-state index in [4.69, 9.17) is 0 Å². The van der Waals surface area contributed by atoms with Crippen molar-refractivity contribution in [2.24, 2.45) is 5.92 Å². The summed E-state index contributed by atoms with van der Waals surface area (Å²) in [6.45, 7) is 10.0. The van der Waals surface area contributed by atoms with E-state index in [1.165, 1.54) is 11.6 Å². The van der Waals surface area contributed by atoms with Gasteiger partial charge in [-0.1, -0.05) is 51.1 Å². The highest BCUT2D eigenvalue weighted by Crippen LogP contribution is 2.30. The molecule has 6 nitrogen and oxygen atoms in total. The fourth-order valence-electron chi connectivity index (χ4n) is 3.20. The molecule has 2 rings (SSSR count). The van der Waals surface area contributed by atoms with E-state index in [0.717, 1.165) is 17.5 Å². The third kappa shape index (κ3) is 5.16. The van der Waals surface area contributed by atoms with Crippen LogP contribution in [0.4, 0.5) is 11.4 Å². The second-order valence-corrected chi connectivity index (χ2v) is 7.40. The summed E-state index contributed by atoms with van der Waals surface area (Å²) in [5.41, 5.74) is 4.17. The molecule has 0 fully saturated rings. The van der Waals surface area contributed by atoms with E-state index in [-0.39, 0.29) is 35.8 Å². The average molecular weight is 383 g/mol. The third-order valence-corrected chi connectivity index (χ3v) is 5.07. The maximum atomic E-state index is 12.5. The molecule has 0 aliphatic heterocycles. The Labute approximate surface area is 166 Å². The van der Waals surface area contributed by atoms with Gasteiger partial charge in [-0.05, 0) is 48.4 Å². The molecule has 0 aliphatic carbocycles. The first-order chi connectivity index (χ1) is 13.2. The highest BCUT2D eigenvalue weighted by atomic mass is 16.6. The number of anilines is 1. The Kier molecular flexibility index (Phi) is 7.29. The number of benzene rings is 2. The number of amides is 1. The number of nitrogens with one attached hydrogen (secondary N) is 2. The van der Waals surface area contributed by atoms with Crippen molar-refractivity contribution in [1.82, 2.24) is 5.32 Å². The number of carbonyl (C=O) groups is 1. The summed E-state index contributed by atoms with van der Waals surface area (Å²) in [6.07, 6.45) is 0.983. The van der Waals surface area contributed by atoms with Crippen LogP contribution in [0.2, 0.25) is 0 Å². The van der Waals surface area contributed by atoms with Crippen molar-refractivity contribution in [3.8, 4) is 0 Å². The molecule has 0 heterocycles. The first kappa shape index (κ1) is 21.6. The van der Waals surface area contributed by atoms with Crippen molar-refractivity contribution in [3.05, 3.63) is 68.8 Å². The minimum Gasteiger partial charge on any atom is -0.319 e. The molecule has 0 aliphatic rings. The quantitative estimate of drug-likeness (QED) is 0.511. The van der Waals surface area contributed by atoms with Gasteiger partial charge in [-0.3, -0.25) is 14.9 Å². The van der Waals surface area contributed by atoms with E-state index >= 15 is 0 Å². The lowest BCUT2D eigenvalue weighted by Crippen LogP contribution is -2.34. The lowest BCUT2D eigenvalue weighted by Gasteiger charge is -2.23. The predicted molar refractivity (Wildman–Crippen MR) is 113 cm³/mol. The molecule has 0 unspecified atom stereocenters. The minimum atomic E-state index is -0.471. The minimum absolute atomic E-state index is 0.0187. The number of nitro benzene ring substituents is 1. The van der Waals surface area contributed by atoms with Crippen molar-refractivity contribution in [2.75, 3.05) is 11.9 Å². The fourth-order valence-corrected chi connectivity index (χ4v) is 3.20. The van der Waals surface area contributed by atoms with Crippen LogP contribution in [0.3, 0.4) is 0 Å². The molecule has 0 saturated carbocycles. The second-order valence-electron chi connectivity index (χ2n) is 7.40. The highest BCUT2D eigenvalue weighted by molar-refractivity contribution is 5.95. The van der Waals surface area contributed by atoms with Crippen molar-refractivity contribution in [2.45, 2.75) is 47.1 Å². The van der Waals surface area contributed by atoms with Crippen molar-refractivity contribution >= 4 is 17.3 Å². The van der Waals surface area contributed by atoms with Gasteiger partial charge in [0.2, 0.25) is 5.91 Å². The van der Waals surface area contributed by atoms with Crippen LogP contribution in [0.15, 0.2) is 36.4 Å². The molecule has 1 atom stereocenters. The van der Waals surface area contributed by atoms with Crippen LogP contribution in [0.1, 0.15) is 49.1 Å². The van der Waals surface area contributed by atoms with E-state index in [0.29, 0.717) is 5.56 Å². The van der Waals surface area contributed by atoms with Gasteiger partial charge in [-0.2, -0.15) is 0 Å². The van der Waals surface area contributed by atoms with E-state index in [1.807, 2.05) is 6.92 Å². The molecule has 28 heavy (non-hydrogen) atoms. The van der Waals surface area contributed by atoms with Crippen molar-refractivity contribution in [1.29, 1.82) is 0 Å². The smallest absolute Gasteiger partial charge is 0.293 e. The van der Waals surface area contributed by atoms with E-state index in [1.54, 1.807) is 13.0 Å². The van der Waals surface area contributed by atoms with Crippen LogP contribution in [0, 0.1) is 29.9 Å². The SMILES string of the molecule is CCc1ccc([C@H](NCC(=O)Nc2c([N+](=O)[O-])ccc(C)c2C)C(C)C)cc1. The molecular formula is C22H29N3O3. The summed E-state index contributed by atoms with van der Waals surface area (Å²) in [5, 5.41) is 17.3. The van der Waals surface area contributed by atoms with Crippen LogP contribution in [0.25, 0.3) is 0 Å². The standard InChI is InChI=1S/C22H29N3O3/c1-6-17-8-10-18(11-9-17)21(14(2)3)23-13-20(26)24-22-16(5)15(4)7-12-19(22)25(27)28/h7-12,14,21,23H,6,13H2,1-5H3,(H,24,26)/t21-/m1/s1. The Morgan fingerprint density at radius 1 is 1.11 bits per heavy atom. The van der Waals surface area contributed by atoms with Crippen LogP contribution in [0.5, 0.6) is 0 Å². The summed E-state index contributed by atoms with van der Waals surface area (Å²) < 4.78 is 0. The van der Waals surface area contributed by atoms with Crippen LogP contribution in [-0.4, -0.2) is 17.4 Å². The lowest BCUT2D eigenvalue weighted by atomic mass is 9.95. The molecule has 150 valence electrons. The Balaban J connectivity index is 2.12. The monoisotopic (exact) mass is 383 g/mol. The number of rotatable bonds is 8. The number of hydrogen-bond acceptors (Lipinski definition) is 4. The maximum Gasteiger partial charge on any atom is 0.293 e. The maximum absolute atomic E-state index is 12.5. The van der Waals surface area contributed by atoms with Gasteiger partial charge in [0.15, 0.2) is 0 Å². The topological polar surface area (TPSA) is 84.3 Å². The van der Waals surface area contributed by atoms with E-state index < -0.39 is 4.92 Å². The second kappa shape index (κ2) is 9.46. The Morgan fingerprint density at radius 3 is 2.29 bits per heavy atom. The predicted octanol–water partition coefficient (Wildman–Crippen LogP) is 4.70. The molecule has 0 bridgehead atoms. The molecule has 0 aromatic heterocycles. The van der Waals surface area contributed by atoms with Gasteiger partial charge in [0.05, 0.1) is 11.5 Å². The molecule has 2 aromatic rings. The first-order valence-corrected chi connectivity index (χ1v) is 9.61. The highest BCUT2D eigenvalue weighted by Gasteiger charge is 2.21. The average Bonchev–Trinajstić information content (AvgIpc) is 2.65. The molecule has 1 amide bonds. The Bertz CT molecular complexity index is 845. The van der Waals surface area contributed by atoms with Crippen LogP contribution < -0.4 is 10.6 Å². The number of nitrogens with zero attached hydrogens (tertiary/aromatic N) is 1. The molecule has 0 spiro atoms. The Hall–Kier alpha value is -2.73. The molecule has 0 saturated heterocycles. The lowest BCUT2D eigenvalue weighted by molar-refractivity contribution is -0.384. The first-order valence-electron chi connectivity index (χ1n) is 9.61. The van der Waals surface area contributed by atoms with Gasteiger partial charge in [-0.15, -0.1) is 0 Å². The normalized spacial score (nSPS) is 12.1. The van der Waals surface area contributed by atoms with Crippen molar-refractivity contribution in [3.63, 3.8) is 0 Å². The number of aryl methyl sites for hydroxylation is 2. The van der Waals surface area contributed by atoms with Crippen LogP contribution in [-0.2, 0) is 11.2 Å². The summed E-state index contributed by atoms with van der Waals surface area (Å²) in [7, 11) is 0. The molecule has 2 aromatic carbocycles. The molecule has 2 N–H and O–H groups in total. The molecule has 0 radical (unpaired) electrons. The number of nitro groups is 1. The molecular weight excluding hydrogens is 354 g/mol. The largest absolute Gasteiger partial charge is 0.319 e. The van der Waals surface area contributed by atoms with Crippen LogP contribution >= 0.6 is 0 Å². The zero-order valence-corrected chi connectivity index (χ0v) is 17.2. The summed E-state index contributed by atoms with van der Waals surface area (Å²) >= 11 is 0. The zero-order valence-electron chi connectivity index (χ0n) is 17.2. The van der Waals surface area contributed by atoms with Gasteiger partial charge in [-0.25, -0.2) is 0 Å². The van der Waals surface area contributed by atoms with Gasteiger partial charge in [0, 0.05) is 12.1 Å². The summed E-state index contributed by atoms with van der Waals surface area (Å²) in [4.78, 5) is 23.3. The summed E-state index contributed by atoms with van der Waals surface area (Å²) in [5.74, 6) is -0.0112. The third-order valence-electron chi connectivity index (χ3n) is 5.07.